The van der Waals surface area contributed by atoms with Gasteiger partial charge < -0.3 is 15.4 Å². The monoisotopic (exact) mass is 234 g/mol. The smallest absolute Gasteiger partial charge is 0.212 e. The molecule has 92 valence electrons. The van der Waals surface area contributed by atoms with Crippen molar-refractivity contribution in [3.8, 4) is 5.88 Å². The zero-order chi connectivity index (χ0) is 12.4. The molecule has 0 aliphatic carbocycles. The minimum Gasteiger partial charge on any atom is -0.481 e. The van der Waals surface area contributed by atoms with Gasteiger partial charge in [-0.25, -0.2) is 4.98 Å². The number of aromatic nitrogens is 1. The van der Waals surface area contributed by atoms with Crippen molar-refractivity contribution in [1.29, 1.82) is 0 Å². The van der Waals surface area contributed by atoms with Crippen LogP contribution >= 0.6 is 0 Å². The highest BCUT2D eigenvalue weighted by Gasteiger charge is 2.29. The Kier molecular flexibility index (Phi) is 3.17. The molecule has 1 aromatic rings. The van der Waals surface area contributed by atoms with Crippen molar-refractivity contribution in [2.75, 3.05) is 13.7 Å². The van der Waals surface area contributed by atoms with E-state index in [2.05, 4.69) is 28.7 Å². The van der Waals surface area contributed by atoms with Gasteiger partial charge in [-0.15, -0.1) is 0 Å². The lowest BCUT2D eigenvalue weighted by Gasteiger charge is -2.30. The quantitative estimate of drug-likeness (QED) is 0.852. The number of pyridine rings is 1. The fraction of sp³-hybridized carbons (Fsp3) is 0.500. The van der Waals surface area contributed by atoms with Crippen LogP contribution in [0.25, 0.3) is 0 Å². The summed E-state index contributed by atoms with van der Waals surface area (Å²) in [6, 6.07) is 4.39. The van der Waals surface area contributed by atoms with Gasteiger partial charge in [-0.05, 0) is 25.5 Å². The fourth-order valence-electron chi connectivity index (χ4n) is 2.11. The molecule has 2 N–H and O–H groups in total. The molecule has 0 saturated carbocycles. The molecule has 0 amide bonds. The van der Waals surface area contributed by atoms with Crippen molar-refractivity contribution in [2.24, 2.45) is 10.7 Å². The molecule has 1 atom stereocenters. The van der Waals surface area contributed by atoms with Crippen LogP contribution < -0.4 is 10.5 Å². The van der Waals surface area contributed by atoms with Crippen LogP contribution in [-0.2, 0) is 0 Å². The summed E-state index contributed by atoms with van der Waals surface area (Å²) in [5.74, 6) is 1.23. The third-order valence-corrected chi connectivity index (χ3v) is 2.94. The second-order valence-corrected chi connectivity index (χ2v) is 4.35. The first-order chi connectivity index (χ1) is 8.13. The second-order valence-electron chi connectivity index (χ2n) is 4.35. The van der Waals surface area contributed by atoms with Crippen molar-refractivity contribution < 1.29 is 4.74 Å². The van der Waals surface area contributed by atoms with E-state index in [1.54, 1.807) is 7.11 Å². The van der Waals surface area contributed by atoms with Crippen molar-refractivity contribution in [3.05, 3.63) is 23.9 Å². The maximum Gasteiger partial charge on any atom is 0.212 e. The van der Waals surface area contributed by atoms with E-state index in [-0.39, 0.29) is 6.04 Å². The Morgan fingerprint density at radius 2 is 2.24 bits per heavy atom. The van der Waals surface area contributed by atoms with E-state index in [9.17, 15) is 0 Å². The highest BCUT2D eigenvalue weighted by Crippen LogP contribution is 2.27. The molecule has 1 aromatic heterocycles. The number of hydrogen-bond donors (Lipinski definition) is 1. The molecule has 0 saturated heterocycles. The highest BCUT2D eigenvalue weighted by atomic mass is 16.5. The highest BCUT2D eigenvalue weighted by molar-refractivity contribution is 5.80. The molecular formula is C12H18N4O. The summed E-state index contributed by atoms with van der Waals surface area (Å²) < 4.78 is 5.05. The van der Waals surface area contributed by atoms with E-state index in [0.717, 1.165) is 5.56 Å². The average molecular weight is 234 g/mol. The molecule has 5 nitrogen and oxygen atoms in total. The maximum atomic E-state index is 5.89. The Morgan fingerprint density at radius 1 is 1.47 bits per heavy atom. The van der Waals surface area contributed by atoms with E-state index in [4.69, 9.17) is 10.5 Å². The van der Waals surface area contributed by atoms with Crippen LogP contribution in [0, 0.1) is 0 Å². The Bertz CT molecular complexity index is 413. The Morgan fingerprint density at radius 3 is 2.76 bits per heavy atom. The van der Waals surface area contributed by atoms with E-state index in [0.29, 0.717) is 24.4 Å². The number of hydrogen-bond acceptors (Lipinski definition) is 5. The number of nitrogens with two attached hydrogens (primary N) is 1. The fourth-order valence-corrected chi connectivity index (χ4v) is 2.11. The summed E-state index contributed by atoms with van der Waals surface area (Å²) in [7, 11) is 1.61. The summed E-state index contributed by atoms with van der Waals surface area (Å²) >= 11 is 0. The van der Waals surface area contributed by atoms with Gasteiger partial charge in [0.1, 0.15) is 0 Å². The van der Waals surface area contributed by atoms with E-state index < -0.39 is 0 Å². The van der Waals surface area contributed by atoms with E-state index in [1.165, 1.54) is 0 Å². The molecule has 1 aliphatic heterocycles. The number of guanidine groups is 1. The second kappa shape index (κ2) is 4.61. The van der Waals surface area contributed by atoms with Crippen molar-refractivity contribution in [2.45, 2.75) is 25.9 Å². The molecule has 0 bridgehead atoms. The predicted molar refractivity (Wildman–Crippen MR) is 67.0 cm³/mol. The van der Waals surface area contributed by atoms with Gasteiger partial charge in [-0.3, -0.25) is 4.99 Å². The standard InChI is InChI=1S/C12H18N4O/c1-8(2)16-10(7-15-12(16)13)9-4-5-11(17-3)14-6-9/h4-6,8,10H,7H2,1-3H3,(H2,13,15). The Balaban J connectivity index is 2.22. The molecule has 0 radical (unpaired) electrons. The maximum absolute atomic E-state index is 5.89. The molecular weight excluding hydrogens is 216 g/mol. The van der Waals surface area contributed by atoms with Crippen LogP contribution in [0.4, 0.5) is 0 Å². The van der Waals surface area contributed by atoms with Crippen molar-refractivity contribution >= 4 is 5.96 Å². The Hall–Kier alpha value is -1.78. The van der Waals surface area contributed by atoms with E-state index >= 15 is 0 Å². The van der Waals surface area contributed by atoms with Gasteiger partial charge in [0, 0.05) is 18.3 Å². The molecule has 2 rings (SSSR count). The van der Waals surface area contributed by atoms with Gasteiger partial charge in [0.15, 0.2) is 5.96 Å². The molecule has 0 fully saturated rings. The van der Waals surface area contributed by atoms with Crippen LogP contribution in [0.5, 0.6) is 5.88 Å². The summed E-state index contributed by atoms with van der Waals surface area (Å²) in [4.78, 5) is 10.6. The van der Waals surface area contributed by atoms with Gasteiger partial charge in [0.2, 0.25) is 5.88 Å². The van der Waals surface area contributed by atoms with E-state index in [1.807, 2.05) is 18.3 Å². The summed E-state index contributed by atoms with van der Waals surface area (Å²) in [5.41, 5.74) is 7.01. The van der Waals surface area contributed by atoms with Crippen molar-refractivity contribution in [3.63, 3.8) is 0 Å². The van der Waals surface area contributed by atoms with Crippen LogP contribution in [0.15, 0.2) is 23.3 Å². The number of nitrogens with zero attached hydrogens (tertiary/aromatic N) is 3. The van der Waals surface area contributed by atoms with Crippen LogP contribution in [-0.4, -0.2) is 35.5 Å². The van der Waals surface area contributed by atoms with Gasteiger partial charge in [0.05, 0.1) is 19.7 Å². The normalized spacial score (nSPS) is 19.6. The van der Waals surface area contributed by atoms with Gasteiger partial charge in [-0.1, -0.05) is 0 Å². The largest absolute Gasteiger partial charge is 0.481 e. The first-order valence-corrected chi connectivity index (χ1v) is 5.71. The van der Waals surface area contributed by atoms with Crippen LogP contribution in [0.2, 0.25) is 0 Å². The lowest BCUT2D eigenvalue weighted by molar-refractivity contribution is 0.289. The minimum absolute atomic E-state index is 0.188. The predicted octanol–water partition coefficient (Wildman–Crippen LogP) is 1.17. The minimum atomic E-state index is 0.188. The van der Waals surface area contributed by atoms with Gasteiger partial charge >= 0.3 is 0 Å². The molecule has 0 spiro atoms. The third kappa shape index (κ3) is 2.18. The molecule has 1 aliphatic rings. The van der Waals surface area contributed by atoms with Crippen LogP contribution in [0.1, 0.15) is 25.5 Å². The molecule has 0 aromatic carbocycles. The van der Waals surface area contributed by atoms with Gasteiger partial charge in [-0.2, -0.15) is 0 Å². The van der Waals surface area contributed by atoms with Crippen LogP contribution in [0.3, 0.4) is 0 Å². The summed E-state index contributed by atoms with van der Waals surface area (Å²) in [6.45, 7) is 4.91. The first-order valence-electron chi connectivity index (χ1n) is 5.71. The zero-order valence-corrected chi connectivity index (χ0v) is 10.4. The Labute approximate surface area is 101 Å². The molecule has 1 unspecified atom stereocenters. The lowest BCUT2D eigenvalue weighted by atomic mass is 10.1. The number of ether oxygens (including phenoxy) is 1. The number of aliphatic imine (C=N–C) groups is 1. The van der Waals surface area contributed by atoms with Crippen molar-refractivity contribution in [1.82, 2.24) is 9.88 Å². The summed E-state index contributed by atoms with van der Waals surface area (Å²) in [5, 5.41) is 0. The molecule has 2 heterocycles. The third-order valence-electron chi connectivity index (χ3n) is 2.94. The molecule has 17 heavy (non-hydrogen) atoms. The topological polar surface area (TPSA) is 63.7 Å². The lowest BCUT2D eigenvalue weighted by Crippen LogP contribution is -2.40. The summed E-state index contributed by atoms with van der Waals surface area (Å²) in [6.07, 6.45) is 1.83. The SMILES string of the molecule is COc1ccc(C2CN=C(N)N2C(C)C)cn1. The van der Waals surface area contributed by atoms with Gasteiger partial charge in [0.25, 0.3) is 0 Å². The number of methoxy groups -OCH3 is 1. The number of rotatable bonds is 3. The zero-order valence-electron chi connectivity index (χ0n) is 10.4. The first kappa shape index (κ1) is 11.7. The molecule has 5 heteroatoms. The average Bonchev–Trinajstić information content (AvgIpc) is 2.71.